The standard InChI is InChI=1S/C21H29N3O3/c1-3-16(14-23-7-4-5-8-23)24-15-22-13-18(24)17-11-20-21(12-19(17)25-2)27-10-6-9-26-20/h11-13,15-16H,3-10,14H2,1-2H3/t16-/m0/s1. The molecule has 0 spiro atoms. The van der Waals surface area contributed by atoms with Crippen molar-refractivity contribution in [3.8, 4) is 28.5 Å². The van der Waals surface area contributed by atoms with Gasteiger partial charge >= 0.3 is 0 Å². The van der Waals surface area contributed by atoms with E-state index < -0.39 is 0 Å². The van der Waals surface area contributed by atoms with Crippen LogP contribution in [-0.4, -0.2) is 54.4 Å². The second-order valence-electron chi connectivity index (χ2n) is 7.31. The highest BCUT2D eigenvalue weighted by Crippen LogP contribution is 2.41. The van der Waals surface area contributed by atoms with E-state index in [2.05, 4.69) is 21.4 Å². The topological polar surface area (TPSA) is 48.8 Å². The Morgan fingerprint density at radius 1 is 1.11 bits per heavy atom. The number of nitrogens with zero attached hydrogens (tertiary/aromatic N) is 3. The number of fused-ring (bicyclic) bond motifs is 1. The van der Waals surface area contributed by atoms with Crippen LogP contribution in [0.5, 0.6) is 17.2 Å². The van der Waals surface area contributed by atoms with Gasteiger partial charge in [0, 0.05) is 30.6 Å². The van der Waals surface area contributed by atoms with E-state index in [4.69, 9.17) is 14.2 Å². The van der Waals surface area contributed by atoms with E-state index in [1.165, 1.54) is 25.9 Å². The van der Waals surface area contributed by atoms with Gasteiger partial charge in [-0.1, -0.05) is 6.92 Å². The zero-order chi connectivity index (χ0) is 18.6. The van der Waals surface area contributed by atoms with Crippen molar-refractivity contribution in [2.24, 2.45) is 0 Å². The number of imidazole rings is 1. The van der Waals surface area contributed by atoms with Crippen molar-refractivity contribution in [2.75, 3.05) is 40.0 Å². The monoisotopic (exact) mass is 371 g/mol. The first-order chi connectivity index (χ1) is 13.3. The average Bonchev–Trinajstić information content (AvgIpc) is 3.33. The van der Waals surface area contributed by atoms with Crippen molar-refractivity contribution in [2.45, 2.75) is 38.6 Å². The fourth-order valence-electron chi connectivity index (χ4n) is 4.04. The van der Waals surface area contributed by atoms with Crippen LogP contribution in [0.1, 0.15) is 38.6 Å². The number of aromatic nitrogens is 2. The summed E-state index contributed by atoms with van der Waals surface area (Å²) in [6.07, 6.45) is 8.44. The molecule has 1 atom stereocenters. The summed E-state index contributed by atoms with van der Waals surface area (Å²) in [7, 11) is 1.70. The zero-order valence-corrected chi connectivity index (χ0v) is 16.3. The molecule has 2 aliphatic rings. The number of likely N-dealkylation sites (tertiary alicyclic amines) is 1. The van der Waals surface area contributed by atoms with Crippen LogP contribution in [0, 0.1) is 0 Å². The second-order valence-corrected chi connectivity index (χ2v) is 7.31. The van der Waals surface area contributed by atoms with Crippen LogP contribution in [-0.2, 0) is 0 Å². The van der Waals surface area contributed by atoms with Gasteiger partial charge in [-0.25, -0.2) is 4.98 Å². The van der Waals surface area contributed by atoms with Crippen molar-refractivity contribution < 1.29 is 14.2 Å². The molecule has 3 heterocycles. The fourth-order valence-corrected chi connectivity index (χ4v) is 4.04. The number of benzene rings is 1. The van der Waals surface area contributed by atoms with E-state index in [9.17, 15) is 0 Å². The van der Waals surface area contributed by atoms with Crippen LogP contribution >= 0.6 is 0 Å². The Hall–Kier alpha value is -2.21. The maximum absolute atomic E-state index is 5.90. The highest BCUT2D eigenvalue weighted by Gasteiger charge is 2.23. The Labute approximate surface area is 161 Å². The first-order valence-electron chi connectivity index (χ1n) is 10.0. The van der Waals surface area contributed by atoms with Gasteiger partial charge in [-0.3, -0.25) is 0 Å². The predicted octanol–water partition coefficient (Wildman–Crippen LogP) is 3.77. The number of hydrogen-bond donors (Lipinski definition) is 0. The first-order valence-corrected chi connectivity index (χ1v) is 10.0. The third-order valence-corrected chi connectivity index (χ3v) is 5.54. The molecule has 0 amide bonds. The molecule has 6 heteroatoms. The van der Waals surface area contributed by atoms with Crippen molar-refractivity contribution in [3.63, 3.8) is 0 Å². The molecule has 0 aliphatic carbocycles. The van der Waals surface area contributed by atoms with Gasteiger partial charge in [-0.2, -0.15) is 0 Å². The lowest BCUT2D eigenvalue weighted by molar-refractivity contribution is 0.273. The Kier molecular flexibility index (Phi) is 5.53. The first kappa shape index (κ1) is 18.2. The van der Waals surface area contributed by atoms with Crippen LogP contribution in [0.3, 0.4) is 0 Å². The summed E-state index contributed by atoms with van der Waals surface area (Å²) < 4.78 is 19.7. The highest BCUT2D eigenvalue weighted by molar-refractivity contribution is 5.72. The minimum atomic E-state index is 0.390. The lowest BCUT2D eigenvalue weighted by Gasteiger charge is -2.25. The summed E-state index contributed by atoms with van der Waals surface area (Å²) in [6, 6.07) is 4.37. The molecule has 146 valence electrons. The molecule has 0 radical (unpaired) electrons. The van der Waals surface area contributed by atoms with Crippen LogP contribution in [0.15, 0.2) is 24.7 Å². The minimum Gasteiger partial charge on any atom is -0.496 e. The van der Waals surface area contributed by atoms with Gasteiger partial charge in [0.15, 0.2) is 11.5 Å². The lowest BCUT2D eigenvalue weighted by Crippen LogP contribution is -2.28. The maximum Gasteiger partial charge on any atom is 0.164 e. The number of ether oxygens (including phenoxy) is 3. The van der Waals surface area contributed by atoms with Crippen molar-refractivity contribution in [1.82, 2.24) is 14.5 Å². The van der Waals surface area contributed by atoms with E-state index in [1.54, 1.807) is 7.11 Å². The van der Waals surface area contributed by atoms with Gasteiger partial charge < -0.3 is 23.7 Å². The van der Waals surface area contributed by atoms with Gasteiger partial charge in [-0.15, -0.1) is 0 Å². The molecule has 27 heavy (non-hydrogen) atoms. The molecule has 1 aromatic heterocycles. The number of hydrogen-bond acceptors (Lipinski definition) is 5. The molecule has 2 aromatic rings. The quantitative estimate of drug-likeness (QED) is 0.774. The van der Waals surface area contributed by atoms with Crippen LogP contribution in [0.25, 0.3) is 11.3 Å². The van der Waals surface area contributed by atoms with E-state index >= 15 is 0 Å². The third-order valence-electron chi connectivity index (χ3n) is 5.54. The van der Waals surface area contributed by atoms with E-state index in [0.29, 0.717) is 19.3 Å². The molecule has 0 unspecified atom stereocenters. The van der Waals surface area contributed by atoms with Gasteiger partial charge in [-0.05, 0) is 38.4 Å². The largest absolute Gasteiger partial charge is 0.496 e. The molecule has 0 N–H and O–H groups in total. The Bertz CT molecular complexity index is 768. The SMILES string of the molecule is CC[C@@H](CN1CCCC1)n1cncc1-c1cc2c(cc1OC)OCCCO2. The van der Waals surface area contributed by atoms with E-state index in [0.717, 1.165) is 47.9 Å². The summed E-state index contributed by atoms with van der Waals surface area (Å²) in [5.74, 6) is 2.32. The summed E-state index contributed by atoms with van der Waals surface area (Å²) in [4.78, 5) is 7.02. The Balaban J connectivity index is 1.69. The summed E-state index contributed by atoms with van der Waals surface area (Å²) in [5.41, 5.74) is 2.06. The molecular weight excluding hydrogens is 342 g/mol. The maximum atomic E-state index is 5.90. The van der Waals surface area contributed by atoms with Crippen molar-refractivity contribution in [3.05, 3.63) is 24.7 Å². The van der Waals surface area contributed by atoms with Crippen LogP contribution in [0.4, 0.5) is 0 Å². The van der Waals surface area contributed by atoms with Crippen molar-refractivity contribution >= 4 is 0 Å². The Morgan fingerprint density at radius 2 is 1.85 bits per heavy atom. The van der Waals surface area contributed by atoms with E-state index in [-0.39, 0.29) is 0 Å². The van der Waals surface area contributed by atoms with Gasteiger partial charge in [0.1, 0.15) is 5.75 Å². The van der Waals surface area contributed by atoms with E-state index in [1.807, 2.05) is 24.7 Å². The van der Waals surface area contributed by atoms with Crippen LogP contribution in [0.2, 0.25) is 0 Å². The third kappa shape index (κ3) is 3.76. The number of rotatable bonds is 6. The van der Waals surface area contributed by atoms with Crippen LogP contribution < -0.4 is 14.2 Å². The molecular formula is C21H29N3O3. The normalized spacial score (nSPS) is 18.3. The average molecular weight is 371 g/mol. The molecule has 0 saturated carbocycles. The molecule has 1 aromatic carbocycles. The smallest absolute Gasteiger partial charge is 0.164 e. The highest BCUT2D eigenvalue weighted by atomic mass is 16.5. The summed E-state index contributed by atoms with van der Waals surface area (Å²) >= 11 is 0. The molecule has 6 nitrogen and oxygen atoms in total. The predicted molar refractivity (Wildman–Crippen MR) is 105 cm³/mol. The fraction of sp³-hybridized carbons (Fsp3) is 0.571. The number of methoxy groups -OCH3 is 1. The van der Waals surface area contributed by atoms with Gasteiger partial charge in [0.25, 0.3) is 0 Å². The van der Waals surface area contributed by atoms with Gasteiger partial charge in [0.05, 0.1) is 38.5 Å². The molecule has 1 fully saturated rings. The summed E-state index contributed by atoms with van der Waals surface area (Å²) in [6.45, 7) is 7.05. The second kappa shape index (κ2) is 8.21. The molecule has 4 rings (SSSR count). The Morgan fingerprint density at radius 3 is 2.56 bits per heavy atom. The molecule has 2 aliphatic heterocycles. The van der Waals surface area contributed by atoms with Crippen molar-refractivity contribution in [1.29, 1.82) is 0 Å². The summed E-state index contributed by atoms with van der Waals surface area (Å²) in [5, 5.41) is 0. The molecule has 0 bridgehead atoms. The zero-order valence-electron chi connectivity index (χ0n) is 16.3. The molecule has 1 saturated heterocycles. The minimum absolute atomic E-state index is 0.390. The lowest BCUT2D eigenvalue weighted by atomic mass is 10.1. The van der Waals surface area contributed by atoms with Gasteiger partial charge in [0.2, 0.25) is 0 Å².